The van der Waals surface area contributed by atoms with E-state index in [1.165, 1.54) is 135 Å². The van der Waals surface area contributed by atoms with Gasteiger partial charge in [-0.3, -0.25) is 14.4 Å². The summed E-state index contributed by atoms with van der Waals surface area (Å²) >= 11 is 0. The Kier molecular flexibility index (Phi) is 37.4. The highest BCUT2D eigenvalue weighted by molar-refractivity contribution is 5.71. The maximum atomic E-state index is 12.6. The Labute approximate surface area is 310 Å². The SMILES string of the molecule is CCCCCCCCCCCCCCCC(=O)OC[C@@H](COC(=O)CCCCCCCCCCCC(C)C)OC(=O)CCCCCCCCC. The summed E-state index contributed by atoms with van der Waals surface area (Å²) in [6.07, 6.45) is 36.7. The van der Waals surface area contributed by atoms with Gasteiger partial charge in [-0.05, 0) is 25.2 Å². The molecule has 0 saturated carbocycles. The second kappa shape index (κ2) is 38.6. The molecule has 296 valence electrons. The lowest BCUT2D eigenvalue weighted by atomic mass is 10.0. The van der Waals surface area contributed by atoms with Crippen LogP contribution < -0.4 is 0 Å². The molecule has 0 bridgehead atoms. The molecule has 0 rings (SSSR count). The fraction of sp³-hybridized carbons (Fsp3) is 0.932. The van der Waals surface area contributed by atoms with E-state index in [1.54, 1.807) is 0 Å². The van der Waals surface area contributed by atoms with Crippen molar-refractivity contribution in [2.45, 2.75) is 246 Å². The normalized spacial score (nSPS) is 11.9. The standard InChI is InChI=1S/C44H84O6/c1-5-7-9-11-13-14-15-16-17-20-24-27-31-35-42(45)48-38-41(50-44(47)37-33-29-22-12-10-8-6-2)39-49-43(46)36-32-28-25-21-18-19-23-26-30-34-40(3)4/h40-41H,5-39H2,1-4H3/t41-/m0/s1. The molecule has 0 fully saturated rings. The van der Waals surface area contributed by atoms with Crippen molar-refractivity contribution in [1.29, 1.82) is 0 Å². The lowest BCUT2D eigenvalue weighted by molar-refractivity contribution is -0.167. The van der Waals surface area contributed by atoms with Crippen LogP contribution in [0.1, 0.15) is 240 Å². The van der Waals surface area contributed by atoms with Crippen LogP contribution >= 0.6 is 0 Å². The molecule has 0 aromatic heterocycles. The smallest absolute Gasteiger partial charge is 0.306 e. The van der Waals surface area contributed by atoms with Crippen LogP contribution in [0.5, 0.6) is 0 Å². The monoisotopic (exact) mass is 709 g/mol. The van der Waals surface area contributed by atoms with E-state index in [0.29, 0.717) is 19.3 Å². The summed E-state index contributed by atoms with van der Waals surface area (Å²) in [4.78, 5) is 37.5. The van der Waals surface area contributed by atoms with Crippen molar-refractivity contribution in [3.8, 4) is 0 Å². The molecule has 0 radical (unpaired) electrons. The van der Waals surface area contributed by atoms with Gasteiger partial charge in [-0.15, -0.1) is 0 Å². The number of rotatable bonds is 39. The van der Waals surface area contributed by atoms with Crippen LogP contribution in [0.3, 0.4) is 0 Å². The zero-order valence-electron chi connectivity index (χ0n) is 33.9. The zero-order valence-corrected chi connectivity index (χ0v) is 33.9. The van der Waals surface area contributed by atoms with Crippen molar-refractivity contribution >= 4 is 17.9 Å². The van der Waals surface area contributed by atoms with Gasteiger partial charge in [-0.1, -0.05) is 201 Å². The molecule has 0 unspecified atom stereocenters. The van der Waals surface area contributed by atoms with Crippen molar-refractivity contribution in [1.82, 2.24) is 0 Å². The highest BCUT2D eigenvalue weighted by Crippen LogP contribution is 2.16. The van der Waals surface area contributed by atoms with Crippen LogP contribution in [0.25, 0.3) is 0 Å². The van der Waals surface area contributed by atoms with E-state index >= 15 is 0 Å². The first-order valence-electron chi connectivity index (χ1n) is 21.9. The Morgan fingerprint density at radius 3 is 0.980 bits per heavy atom. The van der Waals surface area contributed by atoms with Gasteiger partial charge in [0.1, 0.15) is 13.2 Å². The second-order valence-electron chi connectivity index (χ2n) is 15.5. The van der Waals surface area contributed by atoms with Gasteiger partial charge in [-0.25, -0.2) is 0 Å². The third kappa shape index (κ3) is 37.7. The molecule has 0 aliphatic heterocycles. The van der Waals surface area contributed by atoms with Gasteiger partial charge in [0, 0.05) is 19.3 Å². The summed E-state index contributed by atoms with van der Waals surface area (Å²) in [6.45, 7) is 8.93. The van der Waals surface area contributed by atoms with Gasteiger partial charge in [0.2, 0.25) is 0 Å². The molecule has 0 N–H and O–H groups in total. The molecule has 0 aliphatic rings. The van der Waals surface area contributed by atoms with E-state index in [9.17, 15) is 14.4 Å². The summed E-state index contributed by atoms with van der Waals surface area (Å²) in [6, 6.07) is 0. The summed E-state index contributed by atoms with van der Waals surface area (Å²) < 4.78 is 16.6. The minimum absolute atomic E-state index is 0.0647. The molecule has 6 heteroatoms. The van der Waals surface area contributed by atoms with E-state index in [2.05, 4.69) is 27.7 Å². The molecule has 0 spiro atoms. The number of carbonyl (C=O) groups is 3. The van der Waals surface area contributed by atoms with Gasteiger partial charge in [0.25, 0.3) is 0 Å². The van der Waals surface area contributed by atoms with Gasteiger partial charge < -0.3 is 14.2 Å². The van der Waals surface area contributed by atoms with Gasteiger partial charge in [0.15, 0.2) is 6.10 Å². The number of esters is 3. The minimum Gasteiger partial charge on any atom is -0.462 e. The van der Waals surface area contributed by atoms with Crippen molar-refractivity contribution < 1.29 is 28.6 Å². The van der Waals surface area contributed by atoms with Gasteiger partial charge in [-0.2, -0.15) is 0 Å². The Hall–Kier alpha value is -1.59. The van der Waals surface area contributed by atoms with E-state index in [1.807, 2.05) is 0 Å². The molecule has 0 heterocycles. The summed E-state index contributed by atoms with van der Waals surface area (Å²) in [7, 11) is 0. The highest BCUT2D eigenvalue weighted by Gasteiger charge is 2.19. The van der Waals surface area contributed by atoms with E-state index in [-0.39, 0.29) is 31.1 Å². The molecule has 0 aromatic rings. The van der Waals surface area contributed by atoms with E-state index in [4.69, 9.17) is 14.2 Å². The number of hydrogen-bond donors (Lipinski definition) is 0. The lowest BCUT2D eigenvalue weighted by Gasteiger charge is -2.18. The fourth-order valence-corrected chi connectivity index (χ4v) is 6.45. The topological polar surface area (TPSA) is 78.9 Å². The first kappa shape index (κ1) is 48.4. The summed E-state index contributed by atoms with van der Waals surface area (Å²) in [5.41, 5.74) is 0. The Morgan fingerprint density at radius 1 is 0.380 bits per heavy atom. The third-order valence-electron chi connectivity index (χ3n) is 9.79. The average Bonchev–Trinajstić information content (AvgIpc) is 3.09. The highest BCUT2D eigenvalue weighted by atomic mass is 16.6. The first-order valence-corrected chi connectivity index (χ1v) is 21.9. The van der Waals surface area contributed by atoms with Crippen LogP contribution in [0.4, 0.5) is 0 Å². The maximum absolute atomic E-state index is 12.6. The van der Waals surface area contributed by atoms with Crippen LogP contribution in [-0.4, -0.2) is 37.2 Å². The predicted octanol–water partition coefficient (Wildman–Crippen LogP) is 13.6. The van der Waals surface area contributed by atoms with Crippen molar-refractivity contribution in [3.63, 3.8) is 0 Å². The molecule has 6 nitrogen and oxygen atoms in total. The number of ether oxygens (including phenoxy) is 3. The summed E-state index contributed by atoms with van der Waals surface area (Å²) in [5.74, 6) is -0.0553. The molecule has 1 atom stereocenters. The minimum atomic E-state index is -0.757. The van der Waals surface area contributed by atoms with E-state index < -0.39 is 6.10 Å². The van der Waals surface area contributed by atoms with E-state index in [0.717, 1.165) is 63.7 Å². The predicted molar refractivity (Wildman–Crippen MR) is 210 cm³/mol. The average molecular weight is 709 g/mol. The number of carbonyl (C=O) groups excluding carboxylic acids is 3. The zero-order chi connectivity index (χ0) is 36.8. The maximum Gasteiger partial charge on any atom is 0.306 e. The largest absolute Gasteiger partial charge is 0.462 e. The number of hydrogen-bond acceptors (Lipinski definition) is 6. The van der Waals surface area contributed by atoms with Crippen LogP contribution in [0.15, 0.2) is 0 Å². The second-order valence-corrected chi connectivity index (χ2v) is 15.5. The fourth-order valence-electron chi connectivity index (χ4n) is 6.45. The van der Waals surface area contributed by atoms with Crippen LogP contribution in [-0.2, 0) is 28.6 Å². The molecule has 0 aromatic carbocycles. The van der Waals surface area contributed by atoms with Crippen molar-refractivity contribution in [2.24, 2.45) is 5.92 Å². The van der Waals surface area contributed by atoms with Gasteiger partial charge in [0.05, 0.1) is 0 Å². The van der Waals surface area contributed by atoms with Crippen LogP contribution in [0.2, 0.25) is 0 Å². The molecule has 0 saturated heterocycles. The third-order valence-corrected chi connectivity index (χ3v) is 9.79. The molecular weight excluding hydrogens is 624 g/mol. The lowest BCUT2D eigenvalue weighted by Crippen LogP contribution is -2.30. The Morgan fingerprint density at radius 2 is 0.660 bits per heavy atom. The Balaban J connectivity index is 4.25. The molecule has 50 heavy (non-hydrogen) atoms. The number of unbranched alkanes of at least 4 members (excludes halogenated alkanes) is 26. The molecule has 0 amide bonds. The Bertz CT molecular complexity index is 751. The molecular formula is C44H84O6. The summed E-state index contributed by atoms with van der Waals surface area (Å²) in [5, 5.41) is 0. The van der Waals surface area contributed by atoms with Crippen molar-refractivity contribution in [3.05, 3.63) is 0 Å². The van der Waals surface area contributed by atoms with Crippen LogP contribution in [0, 0.1) is 5.92 Å². The van der Waals surface area contributed by atoms with Gasteiger partial charge >= 0.3 is 17.9 Å². The first-order chi connectivity index (χ1) is 24.4. The van der Waals surface area contributed by atoms with Crippen molar-refractivity contribution in [2.75, 3.05) is 13.2 Å². The molecule has 0 aliphatic carbocycles. The quantitative estimate of drug-likeness (QED) is 0.0359.